The fraction of sp³-hybridized carbons (Fsp3) is 0.167. The molecule has 0 spiro atoms. The molecule has 0 aromatic heterocycles. The number of ether oxygens (including phenoxy) is 3. The van der Waals surface area contributed by atoms with E-state index in [1.165, 1.54) is 18.3 Å². The van der Waals surface area contributed by atoms with Gasteiger partial charge in [-0.2, -0.15) is 5.10 Å². The lowest BCUT2D eigenvalue weighted by atomic mass is 10.2. The zero-order chi connectivity index (χ0) is 22.9. The molecule has 0 aliphatic carbocycles. The van der Waals surface area contributed by atoms with Crippen LogP contribution in [0.15, 0.2) is 70.2 Å². The Morgan fingerprint density at radius 3 is 2.47 bits per heavy atom. The molecule has 0 unspecified atom stereocenters. The lowest BCUT2D eigenvalue weighted by molar-refractivity contribution is 0.0955. The zero-order valence-corrected chi connectivity index (χ0v) is 19.2. The molecule has 0 heterocycles. The van der Waals surface area contributed by atoms with Crippen molar-refractivity contribution in [3.05, 3.63) is 87.6 Å². The van der Waals surface area contributed by atoms with E-state index in [0.29, 0.717) is 39.5 Å². The van der Waals surface area contributed by atoms with Crippen LogP contribution in [0.25, 0.3) is 0 Å². The van der Waals surface area contributed by atoms with Gasteiger partial charge in [-0.05, 0) is 82.5 Å². The maximum atomic E-state index is 13.1. The molecule has 0 bridgehead atoms. The summed E-state index contributed by atoms with van der Waals surface area (Å²) in [6.45, 7) is 2.56. The lowest BCUT2D eigenvalue weighted by Crippen LogP contribution is -2.17. The number of nitrogens with zero attached hydrogens (tertiary/aromatic N) is 1. The highest BCUT2D eigenvalue weighted by Crippen LogP contribution is 2.37. The summed E-state index contributed by atoms with van der Waals surface area (Å²) < 4.78 is 30.4. The molecule has 0 fully saturated rings. The van der Waals surface area contributed by atoms with Gasteiger partial charge in [0.2, 0.25) is 0 Å². The Morgan fingerprint density at radius 1 is 1.09 bits per heavy atom. The largest absolute Gasteiger partial charge is 0.497 e. The van der Waals surface area contributed by atoms with Crippen molar-refractivity contribution in [3.63, 3.8) is 0 Å². The highest BCUT2D eigenvalue weighted by molar-refractivity contribution is 9.10. The van der Waals surface area contributed by atoms with Gasteiger partial charge in [-0.3, -0.25) is 4.79 Å². The van der Waals surface area contributed by atoms with Crippen LogP contribution in [-0.2, 0) is 6.61 Å². The van der Waals surface area contributed by atoms with Crippen LogP contribution in [0.4, 0.5) is 4.39 Å². The summed E-state index contributed by atoms with van der Waals surface area (Å²) in [5.74, 6) is 1.07. The summed E-state index contributed by atoms with van der Waals surface area (Å²) in [5, 5.41) is 4.03. The Kier molecular flexibility index (Phi) is 8.21. The summed E-state index contributed by atoms with van der Waals surface area (Å²) in [6.07, 6.45) is 1.51. The van der Waals surface area contributed by atoms with Crippen molar-refractivity contribution in [3.8, 4) is 17.2 Å². The quantitative estimate of drug-likeness (QED) is 0.318. The molecule has 3 rings (SSSR count). The third-order valence-electron chi connectivity index (χ3n) is 4.36. The van der Waals surface area contributed by atoms with E-state index in [9.17, 15) is 9.18 Å². The van der Waals surface area contributed by atoms with Crippen LogP contribution in [0.5, 0.6) is 17.2 Å². The van der Waals surface area contributed by atoms with E-state index in [2.05, 4.69) is 26.5 Å². The summed E-state index contributed by atoms with van der Waals surface area (Å²) in [7, 11) is 1.56. The SMILES string of the molecule is CCOc1cc(/C=N\NC(=O)c2ccc(OC)cc2)cc(Br)c1OCc1ccc(F)cc1. The second-order valence-electron chi connectivity index (χ2n) is 6.61. The van der Waals surface area contributed by atoms with Crippen LogP contribution < -0.4 is 19.6 Å². The number of hydrogen-bond donors (Lipinski definition) is 1. The van der Waals surface area contributed by atoms with E-state index in [0.717, 1.165) is 5.56 Å². The van der Waals surface area contributed by atoms with Gasteiger partial charge >= 0.3 is 0 Å². The third-order valence-corrected chi connectivity index (χ3v) is 4.95. The molecule has 32 heavy (non-hydrogen) atoms. The predicted molar refractivity (Wildman–Crippen MR) is 124 cm³/mol. The van der Waals surface area contributed by atoms with Crippen LogP contribution in [0.1, 0.15) is 28.4 Å². The summed E-state index contributed by atoms with van der Waals surface area (Å²) in [6, 6.07) is 16.4. The molecule has 0 saturated heterocycles. The maximum absolute atomic E-state index is 13.1. The van der Waals surface area contributed by atoms with Gasteiger partial charge in [-0.25, -0.2) is 9.82 Å². The number of carbonyl (C=O) groups excluding carboxylic acids is 1. The van der Waals surface area contributed by atoms with Crippen LogP contribution >= 0.6 is 15.9 Å². The van der Waals surface area contributed by atoms with Crippen LogP contribution in [0.2, 0.25) is 0 Å². The molecule has 6 nitrogen and oxygen atoms in total. The molecule has 166 valence electrons. The molecule has 0 aliphatic heterocycles. The highest BCUT2D eigenvalue weighted by atomic mass is 79.9. The maximum Gasteiger partial charge on any atom is 0.271 e. The molecular weight excluding hydrogens is 479 g/mol. The highest BCUT2D eigenvalue weighted by Gasteiger charge is 2.12. The molecule has 3 aromatic rings. The Balaban J connectivity index is 1.69. The van der Waals surface area contributed by atoms with Crippen LogP contribution in [0, 0.1) is 5.82 Å². The standard InChI is InChI=1S/C24H22BrFN2O4/c1-3-31-22-13-17(14-27-28-24(29)18-6-10-20(30-2)11-7-18)12-21(25)23(22)32-15-16-4-8-19(26)9-5-16/h4-14H,3,15H2,1-2H3,(H,28,29)/b27-14-. The Morgan fingerprint density at radius 2 is 1.81 bits per heavy atom. The number of hydrogen-bond acceptors (Lipinski definition) is 5. The van der Waals surface area contributed by atoms with Gasteiger partial charge in [0, 0.05) is 5.56 Å². The number of rotatable bonds is 9. The van der Waals surface area contributed by atoms with E-state index in [4.69, 9.17) is 14.2 Å². The third kappa shape index (κ3) is 6.31. The minimum atomic E-state index is -0.341. The van der Waals surface area contributed by atoms with E-state index in [1.54, 1.807) is 55.6 Å². The van der Waals surface area contributed by atoms with E-state index >= 15 is 0 Å². The van der Waals surface area contributed by atoms with Crippen molar-refractivity contribution in [1.82, 2.24) is 5.43 Å². The van der Waals surface area contributed by atoms with E-state index in [-0.39, 0.29) is 18.3 Å². The Hall–Kier alpha value is -3.39. The van der Waals surface area contributed by atoms with Crippen molar-refractivity contribution in [1.29, 1.82) is 0 Å². The number of hydrazone groups is 1. The number of methoxy groups -OCH3 is 1. The van der Waals surface area contributed by atoms with Gasteiger partial charge in [0.1, 0.15) is 18.2 Å². The molecule has 1 amide bonds. The smallest absolute Gasteiger partial charge is 0.271 e. The van der Waals surface area contributed by atoms with Crippen molar-refractivity contribution >= 4 is 28.1 Å². The monoisotopic (exact) mass is 500 g/mol. The van der Waals surface area contributed by atoms with Gasteiger partial charge in [0.15, 0.2) is 11.5 Å². The van der Waals surface area contributed by atoms with Crippen LogP contribution in [-0.4, -0.2) is 25.8 Å². The summed E-state index contributed by atoms with van der Waals surface area (Å²) in [5.41, 5.74) is 4.48. The van der Waals surface area contributed by atoms with E-state index < -0.39 is 0 Å². The number of amides is 1. The fourth-order valence-electron chi connectivity index (χ4n) is 2.77. The second kappa shape index (κ2) is 11.3. The Labute approximate surface area is 194 Å². The minimum absolute atomic E-state index is 0.254. The van der Waals surface area contributed by atoms with Gasteiger partial charge < -0.3 is 14.2 Å². The minimum Gasteiger partial charge on any atom is -0.497 e. The van der Waals surface area contributed by atoms with Crippen molar-refractivity contribution in [2.45, 2.75) is 13.5 Å². The molecule has 0 aliphatic rings. The van der Waals surface area contributed by atoms with E-state index in [1.807, 2.05) is 6.92 Å². The first-order valence-electron chi connectivity index (χ1n) is 9.81. The average Bonchev–Trinajstić information content (AvgIpc) is 2.80. The summed E-state index contributed by atoms with van der Waals surface area (Å²) >= 11 is 3.50. The van der Waals surface area contributed by atoms with Gasteiger partial charge in [0.25, 0.3) is 5.91 Å². The van der Waals surface area contributed by atoms with Crippen molar-refractivity contribution in [2.24, 2.45) is 5.10 Å². The molecule has 8 heteroatoms. The van der Waals surface area contributed by atoms with Gasteiger partial charge in [-0.15, -0.1) is 0 Å². The Bertz CT molecular complexity index is 1090. The zero-order valence-electron chi connectivity index (χ0n) is 17.6. The molecular formula is C24H22BrFN2O4. The first kappa shape index (κ1) is 23.3. The number of benzene rings is 3. The second-order valence-corrected chi connectivity index (χ2v) is 7.46. The number of carbonyl (C=O) groups is 1. The first-order chi connectivity index (χ1) is 15.5. The normalized spacial score (nSPS) is 10.8. The molecule has 1 N–H and O–H groups in total. The van der Waals surface area contributed by atoms with Gasteiger partial charge in [-0.1, -0.05) is 12.1 Å². The average molecular weight is 501 g/mol. The number of halogens is 2. The molecule has 0 saturated carbocycles. The van der Waals surface area contributed by atoms with Crippen molar-refractivity contribution in [2.75, 3.05) is 13.7 Å². The fourth-order valence-corrected chi connectivity index (χ4v) is 3.35. The number of nitrogens with one attached hydrogen (secondary N) is 1. The summed E-state index contributed by atoms with van der Waals surface area (Å²) in [4.78, 5) is 12.2. The lowest BCUT2D eigenvalue weighted by Gasteiger charge is -2.14. The van der Waals surface area contributed by atoms with Gasteiger partial charge in [0.05, 0.1) is 24.4 Å². The predicted octanol–water partition coefficient (Wildman–Crippen LogP) is 5.34. The van der Waals surface area contributed by atoms with Crippen LogP contribution in [0.3, 0.4) is 0 Å². The topological polar surface area (TPSA) is 69.2 Å². The molecule has 3 aromatic carbocycles. The first-order valence-corrected chi connectivity index (χ1v) is 10.6. The molecule has 0 radical (unpaired) electrons. The molecule has 0 atom stereocenters. The van der Waals surface area contributed by atoms with Crippen molar-refractivity contribution < 1.29 is 23.4 Å².